The predicted octanol–water partition coefficient (Wildman–Crippen LogP) is 2.35. The number of hydrogen-bond acceptors (Lipinski definition) is 2. The minimum atomic E-state index is -0.328. The molecule has 0 aliphatic rings. The largest absolute Gasteiger partial charge is 0.397 e. The van der Waals surface area contributed by atoms with Crippen molar-refractivity contribution in [1.82, 2.24) is 4.98 Å². The quantitative estimate of drug-likeness (QED) is 0.674. The smallest absolute Gasteiger partial charge is 0.148 e. The number of rotatable bonds is 3. The molecule has 4 N–H and O–H groups in total. The lowest BCUT2D eigenvalue weighted by Crippen LogP contribution is -2.03. The Kier molecular flexibility index (Phi) is 2.58. The summed E-state index contributed by atoms with van der Waals surface area (Å²) in [7, 11) is 0. The SMILES string of the molecule is Nc1cccc(F)c1NCc1cc[nH]c1. The van der Waals surface area contributed by atoms with Crippen LogP contribution in [0.1, 0.15) is 5.56 Å². The first-order chi connectivity index (χ1) is 7.27. The Hall–Kier alpha value is -1.97. The molecule has 0 amide bonds. The van der Waals surface area contributed by atoms with E-state index < -0.39 is 0 Å². The number of nitrogens with two attached hydrogens (primary N) is 1. The van der Waals surface area contributed by atoms with E-state index in [1.807, 2.05) is 18.5 Å². The molecule has 78 valence electrons. The van der Waals surface area contributed by atoms with Gasteiger partial charge >= 0.3 is 0 Å². The molecule has 0 radical (unpaired) electrons. The summed E-state index contributed by atoms with van der Waals surface area (Å²) in [6.07, 6.45) is 3.67. The maximum Gasteiger partial charge on any atom is 0.148 e. The van der Waals surface area contributed by atoms with Gasteiger partial charge in [-0.25, -0.2) is 4.39 Å². The van der Waals surface area contributed by atoms with Crippen molar-refractivity contribution in [1.29, 1.82) is 0 Å². The highest BCUT2D eigenvalue weighted by molar-refractivity contribution is 5.66. The van der Waals surface area contributed by atoms with Crippen molar-refractivity contribution in [2.75, 3.05) is 11.1 Å². The minimum absolute atomic E-state index is 0.328. The first-order valence-corrected chi connectivity index (χ1v) is 4.67. The second-order valence-electron chi connectivity index (χ2n) is 3.28. The topological polar surface area (TPSA) is 53.8 Å². The lowest BCUT2D eigenvalue weighted by molar-refractivity contribution is 0.631. The summed E-state index contributed by atoms with van der Waals surface area (Å²) >= 11 is 0. The predicted molar refractivity (Wildman–Crippen MR) is 58.9 cm³/mol. The molecule has 4 heteroatoms. The van der Waals surface area contributed by atoms with Crippen molar-refractivity contribution in [3.63, 3.8) is 0 Å². The molecule has 1 aromatic carbocycles. The highest BCUT2D eigenvalue weighted by Gasteiger charge is 2.04. The Morgan fingerprint density at radius 3 is 2.87 bits per heavy atom. The van der Waals surface area contributed by atoms with E-state index in [4.69, 9.17) is 5.73 Å². The fourth-order valence-electron chi connectivity index (χ4n) is 1.39. The number of hydrogen-bond donors (Lipinski definition) is 3. The van der Waals surface area contributed by atoms with E-state index in [-0.39, 0.29) is 5.82 Å². The van der Waals surface area contributed by atoms with Crippen LogP contribution in [0.4, 0.5) is 15.8 Å². The third kappa shape index (κ3) is 2.10. The van der Waals surface area contributed by atoms with Crippen LogP contribution in [0.15, 0.2) is 36.7 Å². The molecular formula is C11H12FN3. The van der Waals surface area contributed by atoms with Crippen molar-refractivity contribution in [3.05, 3.63) is 48.0 Å². The van der Waals surface area contributed by atoms with E-state index in [0.717, 1.165) is 5.56 Å². The lowest BCUT2D eigenvalue weighted by atomic mass is 10.2. The van der Waals surface area contributed by atoms with Crippen LogP contribution in [0.2, 0.25) is 0 Å². The normalized spacial score (nSPS) is 10.2. The monoisotopic (exact) mass is 205 g/mol. The second-order valence-corrected chi connectivity index (χ2v) is 3.28. The van der Waals surface area contributed by atoms with Gasteiger partial charge < -0.3 is 16.0 Å². The van der Waals surface area contributed by atoms with Gasteiger partial charge in [0.1, 0.15) is 5.82 Å². The molecule has 0 fully saturated rings. The fourth-order valence-corrected chi connectivity index (χ4v) is 1.39. The summed E-state index contributed by atoms with van der Waals surface area (Å²) in [6, 6.07) is 6.56. The van der Waals surface area contributed by atoms with Crippen LogP contribution < -0.4 is 11.1 Å². The molecule has 2 aromatic rings. The number of nitrogens with one attached hydrogen (secondary N) is 2. The van der Waals surface area contributed by atoms with E-state index in [9.17, 15) is 4.39 Å². The van der Waals surface area contributed by atoms with Gasteiger partial charge in [-0.3, -0.25) is 0 Å². The molecule has 0 spiro atoms. The van der Waals surface area contributed by atoms with E-state index in [0.29, 0.717) is 17.9 Å². The van der Waals surface area contributed by atoms with Crippen molar-refractivity contribution in [3.8, 4) is 0 Å². The number of nitrogen functional groups attached to an aromatic ring is 1. The third-order valence-corrected chi connectivity index (χ3v) is 2.18. The first kappa shape index (κ1) is 9.58. The molecular weight excluding hydrogens is 193 g/mol. The van der Waals surface area contributed by atoms with Crippen LogP contribution >= 0.6 is 0 Å². The number of halogens is 1. The molecule has 0 aliphatic heterocycles. The summed E-state index contributed by atoms with van der Waals surface area (Å²) in [5.74, 6) is -0.328. The summed E-state index contributed by atoms with van der Waals surface area (Å²) in [4.78, 5) is 2.93. The number of aromatic nitrogens is 1. The molecule has 0 saturated heterocycles. The van der Waals surface area contributed by atoms with Gasteiger partial charge in [0.25, 0.3) is 0 Å². The second kappa shape index (κ2) is 4.04. The zero-order chi connectivity index (χ0) is 10.7. The number of benzene rings is 1. The molecule has 0 saturated carbocycles. The molecule has 1 aromatic heterocycles. The van der Waals surface area contributed by atoms with E-state index in [2.05, 4.69) is 10.3 Å². The first-order valence-electron chi connectivity index (χ1n) is 4.67. The maximum atomic E-state index is 13.3. The van der Waals surface area contributed by atoms with Gasteiger partial charge in [0.15, 0.2) is 0 Å². The lowest BCUT2D eigenvalue weighted by Gasteiger charge is -2.08. The zero-order valence-corrected chi connectivity index (χ0v) is 8.13. The van der Waals surface area contributed by atoms with Gasteiger partial charge in [0.05, 0.1) is 11.4 Å². The summed E-state index contributed by atoms with van der Waals surface area (Å²) in [5, 5.41) is 2.96. The molecule has 0 bridgehead atoms. The fraction of sp³-hybridized carbons (Fsp3) is 0.0909. The third-order valence-electron chi connectivity index (χ3n) is 2.18. The molecule has 0 unspecified atom stereocenters. The Bertz CT molecular complexity index is 417. The Balaban J connectivity index is 2.11. The van der Waals surface area contributed by atoms with Crippen molar-refractivity contribution >= 4 is 11.4 Å². The van der Waals surface area contributed by atoms with Gasteiger partial charge in [0.2, 0.25) is 0 Å². The summed E-state index contributed by atoms with van der Waals surface area (Å²) < 4.78 is 13.3. The highest BCUT2D eigenvalue weighted by atomic mass is 19.1. The van der Waals surface area contributed by atoms with Gasteiger partial charge in [0, 0.05) is 18.9 Å². The molecule has 0 aliphatic carbocycles. The summed E-state index contributed by atoms with van der Waals surface area (Å²) in [5.41, 5.74) is 7.49. The highest BCUT2D eigenvalue weighted by Crippen LogP contribution is 2.22. The van der Waals surface area contributed by atoms with Crippen molar-refractivity contribution in [2.45, 2.75) is 6.54 Å². The minimum Gasteiger partial charge on any atom is -0.397 e. The van der Waals surface area contributed by atoms with Crippen LogP contribution in [0, 0.1) is 5.82 Å². The summed E-state index contributed by atoms with van der Waals surface area (Å²) in [6.45, 7) is 0.550. The van der Waals surface area contributed by atoms with Crippen LogP contribution in [-0.2, 0) is 6.54 Å². The van der Waals surface area contributed by atoms with Crippen molar-refractivity contribution in [2.24, 2.45) is 0 Å². The van der Waals surface area contributed by atoms with Crippen LogP contribution in [-0.4, -0.2) is 4.98 Å². The van der Waals surface area contributed by atoms with Gasteiger partial charge in [-0.15, -0.1) is 0 Å². The Morgan fingerprint density at radius 1 is 1.33 bits per heavy atom. The molecule has 0 atom stereocenters. The van der Waals surface area contributed by atoms with Crippen LogP contribution in [0.25, 0.3) is 0 Å². The van der Waals surface area contributed by atoms with Crippen LogP contribution in [0.5, 0.6) is 0 Å². The number of aromatic amines is 1. The maximum absolute atomic E-state index is 13.3. The average molecular weight is 205 g/mol. The van der Waals surface area contributed by atoms with Gasteiger partial charge in [-0.05, 0) is 23.8 Å². The van der Waals surface area contributed by atoms with E-state index in [1.54, 1.807) is 12.1 Å². The number of para-hydroxylation sites is 1. The molecule has 3 nitrogen and oxygen atoms in total. The van der Waals surface area contributed by atoms with Crippen molar-refractivity contribution < 1.29 is 4.39 Å². The Labute approximate surface area is 87.1 Å². The van der Waals surface area contributed by atoms with Crippen LogP contribution in [0.3, 0.4) is 0 Å². The van der Waals surface area contributed by atoms with Gasteiger partial charge in [-0.1, -0.05) is 6.07 Å². The van der Waals surface area contributed by atoms with E-state index >= 15 is 0 Å². The standard InChI is InChI=1S/C11H12FN3/c12-9-2-1-3-10(13)11(9)15-7-8-4-5-14-6-8/h1-6,14-15H,7,13H2. The number of anilines is 2. The molecule has 2 rings (SSSR count). The Morgan fingerprint density at radius 2 is 2.20 bits per heavy atom. The molecule has 1 heterocycles. The van der Waals surface area contributed by atoms with Gasteiger partial charge in [-0.2, -0.15) is 0 Å². The molecule has 15 heavy (non-hydrogen) atoms. The van der Waals surface area contributed by atoms with E-state index in [1.165, 1.54) is 6.07 Å². The zero-order valence-electron chi connectivity index (χ0n) is 8.13. The average Bonchev–Trinajstić information content (AvgIpc) is 2.70. The number of H-pyrrole nitrogens is 1.